The average Bonchev–Trinajstić information content (AvgIpc) is 2.91. The molecule has 0 aromatic heterocycles. The predicted molar refractivity (Wildman–Crippen MR) is 107 cm³/mol. The monoisotopic (exact) mass is 372 g/mol. The number of carbonyl (C=O) groups is 1. The highest BCUT2D eigenvalue weighted by Crippen LogP contribution is 2.63. The topological polar surface area (TPSA) is 35.5 Å². The van der Waals surface area contributed by atoms with Gasteiger partial charge in [0.15, 0.2) is 5.79 Å². The summed E-state index contributed by atoms with van der Waals surface area (Å²) in [6, 6.07) is 0. The first-order valence-electron chi connectivity index (χ1n) is 10.9. The molecule has 3 unspecified atom stereocenters. The third kappa shape index (κ3) is 2.80. The van der Waals surface area contributed by atoms with Crippen molar-refractivity contribution in [2.45, 2.75) is 71.0 Å². The van der Waals surface area contributed by atoms with Crippen LogP contribution in [0.4, 0.5) is 0 Å². The lowest BCUT2D eigenvalue weighted by molar-refractivity contribution is -0.213. The third-order valence-electron chi connectivity index (χ3n) is 8.72. The fourth-order valence-corrected chi connectivity index (χ4v) is 7.49. The summed E-state index contributed by atoms with van der Waals surface area (Å²) < 4.78 is 11.6. The van der Waals surface area contributed by atoms with Gasteiger partial charge < -0.3 is 9.47 Å². The van der Waals surface area contributed by atoms with Gasteiger partial charge in [0.25, 0.3) is 0 Å². The largest absolute Gasteiger partial charge is 0.353 e. The van der Waals surface area contributed by atoms with Crippen LogP contribution in [0.5, 0.6) is 0 Å². The minimum absolute atomic E-state index is 0.107. The van der Waals surface area contributed by atoms with Crippen molar-refractivity contribution in [1.29, 1.82) is 0 Å². The molecule has 150 valence electrons. The van der Waals surface area contributed by atoms with E-state index < -0.39 is 5.79 Å². The number of hydrogen-bond acceptors (Lipinski definition) is 3. The maximum atomic E-state index is 13.1. The summed E-state index contributed by atoms with van der Waals surface area (Å²) in [5.74, 6) is 2.76. The second-order valence-electron chi connectivity index (χ2n) is 9.87. The molecule has 4 aliphatic carbocycles. The first-order chi connectivity index (χ1) is 12.9. The number of allylic oxidation sites excluding steroid dienone is 2. The lowest BCUT2D eigenvalue weighted by atomic mass is 9.50. The van der Waals surface area contributed by atoms with E-state index in [9.17, 15) is 4.79 Å². The van der Waals surface area contributed by atoms with E-state index in [1.54, 1.807) is 25.4 Å². The van der Waals surface area contributed by atoms with Crippen molar-refractivity contribution in [1.82, 2.24) is 0 Å². The SMILES string of the molecule is C=CC[C@H]1C[C@]2(C)C(=O)[C@H](C)CC2C2CCC3=C(CCC(OC)(OC)C3)C21. The summed E-state index contributed by atoms with van der Waals surface area (Å²) >= 11 is 0. The van der Waals surface area contributed by atoms with Crippen LogP contribution in [-0.2, 0) is 14.3 Å². The van der Waals surface area contributed by atoms with Crippen LogP contribution in [0.1, 0.15) is 65.2 Å². The Labute approximate surface area is 164 Å². The summed E-state index contributed by atoms with van der Waals surface area (Å²) in [5.41, 5.74) is 3.17. The molecule has 3 heteroatoms. The predicted octanol–water partition coefficient (Wildman–Crippen LogP) is 5.31. The van der Waals surface area contributed by atoms with Gasteiger partial charge in [-0.2, -0.15) is 0 Å². The Morgan fingerprint density at radius 3 is 2.67 bits per heavy atom. The number of Topliss-reactive ketones (excluding diaryl/α,β-unsaturated/α-hetero) is 1. The van der Waals surface area contributed by atoms with E-state index in [0.717, 1.165) is 44.9 Å². The van der Waals surface area contributed by atoms with Gasteiger partial charge in [0.1, 0.15) is 5.78 Å². The van der Waals surface area contributed by atoms with Gasteiger partial charge in [-0.1, -0.05) is 31.1 Å². The number of carbonyl (C=O) groups excluding carboxylic acids is 1. The van der Waals surface area contributed by atoms with Crippen LogP contribution in [0.3, 0.4) is 0 Å². The van der Waals surface area contributed by atoms with Crippen LogP contribution in [-0.4, -0.2) is 25.8 Å². The normalized spacial score (nSPS) is 43.1. The molecular formula is C24H36O3. The molecule has 2 fully saturated rings. The minimum Gasteiger partial charge on any atom is -0.353 e. The van der Waals surface area contributed by atoms with Gasteiger partial charge in [0.05, 0.1) is 0 Å². The molecule has 27 heavy (non-hydrogen) atoms. The molecular weight excluding hydrogens is 336 g/mol. The highest BCUT2D eigenvalue weighted by molar-refractivity contribution is 5.89. The zero-order valence-electron chi connectivity index (χ0n) is 17.6. The second kappa shape index (κ2) is 6.84. The fraction of sp³-hybridized carbons (Fsp3) is 0.792. The molecule has 0 N–H and O–H groups in total. The quantitative estimate of drug-likeness (QED) is 0.495. The van der Waals surface area contributed by atoms with E-state index in [1.807, 2.05) is 0 Å². The van der Waals surface area contributed by atoms with Gasteiger partial charge in [0.2, 0.25) is 0 Å². The van der Waals surface area contributed by atoms with E-state index in [1.165, 1.54) is 6.42 Å². The Bertz CT molecular complexity index is 659. The summed E-state index contributed by atoms with van der Waals surface area (Å²) in [4.78, 5) is 13.1. The Balaban J connectivity index is 1.71. The van der Waals surface area contributed by atoms with Crippen molar-refractivity contribution >= 4 is 5.78 Å². The molecule has 2 saturated carbocycles. The lowest BCUT2D eigenvalue weighted by Gasteiger charge is -2.54. The van der Waals surface area contributed by atoms with Crippen LogP contribution in [0.15, 0.2) is 23.8 Å². The molecule has 4 aliphatic rings. The van der Waals surface area contributed by atoms with E-state index in [4.69, 9.17) is 9.47 Å². The summed E-state index contributed by atoms with van der Waals surface area (Å²) in [5, 5.41) is 0. The maximum absolute atomic E-state index is 13.1. The first-order valence-corrected chi connectivity index (χ1v) is 10.9. The van der Waals surface area contributed by atoms with Gasteiger partial charge in [-0.3, -0.25) is 4.79 Å². The second-order valence-corrected chi connectivity index (χ2v) is 9.87. The molecule has 0 spiro atoms. The first kappa shape index (κ1) is 19.4. The molecule has 0 saturated heterocycles. The smallest absolute Gasteiger partial charge is 0.171 e. The lowest BCUT2D eigenvalue weighted by Crippen LogP contribution is -2.49. The van der Waals surface area contributed by atoms with E-state index >= 15 is 0 Å². The van der Waals surface area contributed by atoms with Crippen molar-refractivity contribution in [3.05, 3.63) is 23.8 Å². The zero-order valence-corrected chi connectivity index (χ0v) is 17.6. The highest BCUT2D eigenvalue weighted by Gasteiger charge is 2.60. The molecule has 0 heterocycles. The van der Waals surface area contributed by atoms with Crippen molar-refractivity contribution in [2.75, 3.05) is 14.2 Å². The number of ether oxygens (including phenoxy) is 2. The van der Waals surface area contributed by atoms with Crippen molar-refractivity contribution in [2.24, 2.45) is 35.0 Å². The number of ketones is 1. The average molecular weight is 373 g/mol. The zero-order chi connectivity index (χ0) is 19.4. The van der Waals surface area contributed by atoms with Gasteiger partial charge >= 0.3 is 0 Å². The summed E-state index contributed by atoms with van der Waals surface area (Å²) in [7, 11) is 3.55. The molecule has 0 bridgehead atoms. The molecule has 0 amide bonds. The van der Waals surface area contributed by atoms with Gasteiger partial charge in [-0.25, -0.2) is 0 Å². The molecule has 6 atom stereocenters. The van der Waals surface area contributed by atoms with Gasteiger partial charge in [-0.15, -0.1) is 6.58 Å². The Kier molecular flexibility index (Phi) is 4.91. The Hall–Kier alpha value is -0.930. The Morgan fingerprint density at radius 1 is 1.26 bits per heavy atom. The van der Waals surface area contributed by atoms with E-state index in [0.29, 0.717) is 29.5 Å². The summed E-state index contributed by atoms with van der Waals surface area (Å²) in [6.07, 6.45) is 10.6. The number of fused-ring (bicyclic) bond motifs is 4. The highest BCUT2D eigenvalue weighted by atomic mass is 16.7. The van der Waals surface area contributed by atoms with Gasteiger partial charge in [0, 0.05) is 38.4 Å². The summed E-state index contributed by atoms with van der Waals surface area (Å²) in [6.45, 7) is 8.48. The molecule has 0 aromatic carbocycles. The number of hydrogen-bond donors (Lipinski definition) is 0. The van der Waals surface area contributed by atoms with Crippen LogP contribution >= 0.6 is 0 Å². The molecule has 0 radical (unpaired) electrons. The number of rotatable bonds is 4. The van der Waals surface area contributed by atoms with Crippen molar-refractivity contribution in [3.8, 4) is 0 Å². The van der Waals surface area contributed by atoms with Crippen LogP contribution in [0, 0.1) is 35.0 Å². The number of methoxy groups -OCH3 is 2. The van der Waals surface area contributed by atoms with E-state index in [2.05, 4.69) is 26.5 Å². The third-order valence-corrected chi connectivity index (χ3v) is 8.72. The molecule has 0 aromatic rings. The van der Waals surface area contributed by atoms with Crippen LogP contribution in [0.2, 0.25) is 0 Å². The maximum Gasteiger partial charge on any atom is 0.171 e. The Morgan fingerprint density at radius 2 is 2.00 bits per heavy atom. The minimum atomic E-state index is -0.430. The van der Waals surface area contributed by atoms with Crippen molar-refractivity contribution < 1.29 is 14.3 Å². The van der Waals surface area contributed by atoms with Gasteiger partial charge in [-0.05, 0) is 62.2 Å². The van der Waals surface area contributed by atoms with Crippen LogP contribution < -0.4 is 0 Å². The molecule has 0 aliphatic heterocycles. The standard InChI is InChI=1S/C24H36O3/c1-6-7-17-13-23(3)20(12-15(2)22(23)25)19-9-8-16-14-24(26-4,27-5)11-10-18(16)21(17)19/h6,15,17,19-21H,1,7-14H2,2-5H3/t15-,17+,19?,20?,21?,23+/m1/s1. The van der Waals surface area contributed by atoms with Crippen molar-refractivity contribution in [3.63, 3.8) is 0 Å². The molecule has 4 rings (SSSR count). The fourth-order valence-electron chi connectivity index (χ4n) is 7.49. The van der Waals surface area contributed by atoms with E-state index in [-0.39, 0.29) is 11.3 Å². The molecule has 3 nitrogen and oxygen atoms in total. The van der Waals surface area contributed by atoms with Crippen LogP contribution in [0.25, 0.3) is 0 Å².